The molecule has 32 heavy (non-hydrogen) atoms. The summed E-state index contributed by atoms with van der Waals surface area (Å²) in [5.74, 6) is -2.41. The van der Waals surface area contributed by atoms with E-state index in [1.807, 2.05) is 20.8 Å². The molecule has 0 aliphatic heterocycles. The number of hydrogen-bond donors (Lipinski definition) is 3. The molecule has 0 spiro atoms. The molecule has 2 rings (SSSR count). The Morgan fingerprint density at radius 2 is 1.72 bits per heavy atom. The summed E-state index contributed by atoms with van der Waals surface area (Å²) in [6.07, 6.45) is 1.54. The van der Waals surface area contributed by atoms with Gasteiger partial charge < -0.3 is 16.4 Å². The van der Waals surface area contributed by atoms with Gasteiger partial charge in [0.1, 0.15) is 11.9 Å². The Hall–Kier alpha value is -3.07. The van der Waals surface area contributed by atoms with Crippen LogP contribution < -0.4 is 16.4 Å². The molecular formula is C23H31F2N5O2. The molecular weight excluding hydrogens is 416 g/mol. The van der Waals surface area contributed by atoms with E-state index in [1.54, 1.807) is 37.3 Å². The van der Waals surface area contributed by atoms with Gasteiger partial charge in [0.25, 0.3) is 0 Å². The molecule has 9 heteroatoms. The van der Waals surface area contributed by atoms with Gasteiger partial charge in [0.2, 0.25) is 11.8 Å². The second-order valence-electron chi connectivity index (χ2n) is 9.06. The number of nitrogen functional groups attached to an aromatic ring is 1. The summed E-state index contributed by atoms with van der Waals surface area (Å²) in [5.41, 5.74) is 6.29. The number of pyridine rings is 1. The highest BCUT2D eigenvalue weighted by Crippen LogP contribution is 2.23. The monoisotopic (exact) mass is 447 g/mol. The first-order valence-corrected chi connectivity index (χ1v) is 10.3. The zero-order valence-corrected chi connectivity index (χ0v) is 19.1. The summed E-state index contributed by atoms with van der Waals surface area (Å²) in [6, 6.07) is 5.27. The number of nitrogens with zero attached hydrogens (tertiary/aromatic N) is 2. The first-order valence-electron chi connectivity index (χ1n) is 10.3. The van der Waals surface area contributed by atoms with Gasteiger partial charge in [-0.15, -0.1) is 0 Å². The number of nitrogens with one attached hydrogen (secondary N) is 2. The topological polar surface area (TPSA) is 100 Å². The molecule has 2 atom stereocenters. The maximum absolute atomic E-state index is 13.7. The average Bonchev–Trinajstić information content (AvgIpc) is 2.68. The van der Waals surface area contributed by atoms with E-state index < -0.39 is 35.0 Å². The Labute approximate surface area is 187 Å². The van der Waals surface area contributed by atoms with E-state index in [0.717, 1.165) is 17.7 Å². The van der Waals surface area contributed by atoms with Crippen molar-refractivity contribution in [3.63, 3.8) is 0 Å². The number of aromatic nitrogens is 1. The summed E-state index contributed by atoms with van der Waals surface area (Å²) in [6.45, 7) is 5.95. The molecule has 1 aromatic carbocycles. The Morgan fingerprint density at radius 1 is 1.06 bits per heavy atom. The number of nitrogens with two attached hydrogens (primary N) is 1. The van der Waals surface area contributed by atoms with Crippen molar-refractivity contribution in [3.05, 3.63) is 59.3 Å². The fraction of sp³-hybridized carbons (Fsp3) is 0.435. The van der Waals surface area contributed by atoms with E-state index in [4.69, 9.17) is 5.73 Å². The van der Waals surface area contributed by atoms with Crippen molar-refractivity contribution in [3.8, 4) is 0 Å². The molecule has 7 nitrogen and oxygen atoms in total. The normalized spacial score (nSPS) is 13.5. The number of anilines is 1. The van der Waals surface area contributed by atoms with Crippen LogP contribution in [0.3, 0.4) is 0 Å². The van der Waals surface area contributed by atoms with E-state index in [0.29, 0.717) is 11.4 Å². The van der Waals surface area contributed by atoms with Crippen molar-refractivity contribution >= 4 is 17.6 Å². The Balaban J connectivity index is 2.22. The molecule has 0 saturated heterocycles. The lowest BCUT2D eigenvalue weighted by atomic mass is 9.85. The molecule has 2 amide bonds. The molecule has 0 aliphatic carbocycles. The predicted molar refractivity (Wildman–Crippen MR) is 119 cm³/mol. The van der Waals surface area contributed by atoms with Crippen molar-refractivity contribution in [1.82, 2.24) is 20.5 Å². The number of hydrogen-bond acceptors (Lipinski definition) is 5. The highest BCUT2D eigenvalue weighted by molar-refractivity contribution is 5.90. The molecule has 0 saturated carbocycles. The fourth-order valence-electron chi connectivity index (χ4n) is 3.62. The van der Waals surface area contributed by atoms with Crippen LogP contribution in [0.2, 0.25) is 0 Å². The minimum absolute atomic E-state index is 0.000940. The standard InChI is InChI=1S/C23H31F2N5O2/c1-23(2,3)20(30(4)5)22(32)29-18(11-14-6-8-16(24)17(25)10-14)21(31)28-13-15-7-9-19(26)27-12-15/h6-10,12,18,20H,11,13H2,1-5H3,(H2,26,27)(H,28,31)(H,29,32)/t18-,20?/m0/s1. The Bertz CT molecular complexity index is 942. The highest BCUT2D eigenvalue weighted by atomic mass is 19.2. The number of amides is 2. The number of benzene rings is 1. The van der Waals surface area contributed by atoms with E-state index in [1.165, 1.54) is 6.07 Å². The fourth-order valence-corrected chi connectivity index (χ4v) is 3.62. The summed E-state index contributed by atoms with van der Waals surface area (Å²) >= 11 is 0. The minimum atomic E-state index is -1.01. The Kier molecular flexibility index (Phi) is 8.26. The van der Waals surface area contributed by atoms with Crippen LogP contribution in [0.15, 0.2) is 36.5 Å². The molecule has 1 unspecified atom stereocenters. The molecule has 174 valence electrons. The van der Waals surface area contributed by atoms with Crippen LogP contribution >= 0.6 is 0 Å². The lowest BCUT2D eigenvalue weighted by Crippen LogP contribution is -2.56. The number of halogens is 2. The van der Waals surface area contributed by atoms with E-state index >= 15 is 0 Å². The summed E-state index contributed by atoms with van der Waals surface area (Å²) in [7, 11) is 3.57. The second kappa shape index (κ2) is 10.5. The van der Waals surface area contributed by atoms with Gasteiger partial charge in [0.05, 0.1) is 6.04 Å². The molecule has 0 aliphatic rings. The summed E-state index contributed by atoms with van der Waals surface area (Å²) < 4.78 is 27.0. The van der Waals surface area contributed by atoms with Gasteiger partial charge in [0, 0.05) is 19.2 Å². The van der Waals surface area contributed by atoms with Gasteiger partial charge in [0.15, 0.2) is 11.6 Å². The van der Waals surface area contributed by atoms with Crippen LogP contribution in [0, 0.1) is 17.0 Å². The van der Waals surface area contributed by atoms with Crippen LogP contribution in [-0.2, 0) is 22.6 Å². The van der Waals surface area contributed by atoms with Gasteiger partial charge >= 0.3 is 0 Å². The van der Waals surface area contributed by atoms with Crippen molar-refractivity contribution < 1.29 is 18.4 Å². The van der Waals surface area contributed by atoms with Gasteiger partial charge in [-0.25, -0.2) is 13.8 Å². The van der Waals surface area contributed by atoms with E-state index in [2.05, 4.69) is 15.6 Å². The van der Waals surface area contributed by atoms with Crippen molar-refractivity contribution in [2.24, 2.45) is 5.41 Å². The van der Waals surface area contributed by atoms with E-state index in [9.17, 15) is 18.4 Å². The summed E-state index contributed by atoms with van der Waals surface area (Å²) in [5, 5.41) is 5.55. The highest BCUT2D eigenvalue weighted by Gasteiger charge is 2.35. The van der Waals surface area contributed by atoms with Crippen LogP contribution in [0.25, 0.3) is 0 Å². The van der Waals surface area contributed by atoms with Crippen LogP contribution in [0.1, 0.15) is 31.9 Å². The van der Waals surface area contributed by atoms with Crippen molar-refractivity contribution in [2.75, 3.05) is 19.8 Å². The van der Waals surface area contributed by atoms with Gasteiger partial charge in [-0.3, -0.25) is 14.5 Å². The Morgan fingerprint density at radius 3 is 2.25 bits per heavy atom. The lowest BCUT2D eigenvalue weighted by molar-refractivity contribution is -0.134. The smallest absolute Gasteiger partial charge is 0.243 e. The first kappa shape index (κ1) is 25.2. The largest absolute Gasteiger partial charge is 0.384 e. The number of likely N-dealkylation sites (N-methyl/N-ethyl adjacent to an activating group) is 1. The first-order chi connectivity index (χ1) is 14.9. The van der Waals surface area contributed by atoms with Gasteiger partial charge in [-0.2, -0.15) is 0 Å². The lowest BCUT2D eigenvalue weighted by Gasteiger charge is -2.35. The van der Waals surface area contributed by atoms with Gasteiger partial charge in [-0.05, 0) is 48.8 Å². The zero-order chi connectivity index (χ0) is 24.1. The summed E-state index contributed by atoms with van der Waals surface area (Å²) in [4.78, 5) is 31.8. The third kappa shape index (κ3) is 6.98. The number of rotatable bonds is 8. The molecule has 0 bridgehead atoms. The molecule has 1 aromatic heterocycles. The van der Waals surface area contributed by atoms with E-state index in [-0.39, 0.29) is 18.9 Å². The minimum Gasteiger partial charge on any atom is -0.384 e. The van der Waals surface area contributed by atoms with Gasteiger partial charge in [-0.1, -0.05) is 32.9 Å². The molecule has 1 heterocycles. The van der Waals surface area contributed by atoms with Crippen LogP contribution in [0.5, 0.6) is 0 Å². The molecule has 2 aromatic rings. The SMILES string of the molecule is CN(C)C(C(=O)N[C@@H](Cc1ccc(F)c(F)c1)C(=O)NCc1ccc(N)nc1)C(C)(C)C. The van der Waals surface area contributed by atoms with Crippen LogP contribution in [0.4, 0.5) is 14.6 Å². The molecule has 4 N–H and O–H groups in total. The predicted octanol–water partition coefficient (Wildman–Crippen LogP) is 2.26. The number of carbonyl (C=O) groups excluding carboxylic acids is 2. The quantitative estimate of drug-likeness (QED) is 0.576. The zero-order valence-electron chi connectivity index (χ0n) is 19.1. The molecule has 0 fully saturated rings. The maximum Gasteiger partial charge on any atom is 0.243 e. The third-order valence-electron chi connectivity index (χ3n) is 4.96. The molecule has 0 radical (unpaired) electrons. The van der Waals surface area contributed by atoms with Crippen molar-refractivity contribution in [2.45, 2.75) is 45.8 Å². The average molecular weight is 448 g/mol. The van der Waals surface area contributed by atoms with Crippen LogP contribution in [-0.4, -0.2) is 47.9 Å². The maximum atomic E-state index is 13.7. The number of carbonyl (C=O) groups is 2. The third-order valence-corrected chi connectivity index (χ3v) is 4.96. The second-order valence-corrected chi connectivity index (χ2v) is 9.06. The van der Waals surface area contributed by atoms with Crippen molar-refractivity contribution in [1.29, 1.82) is 0 Å².